The van der Waals surface area contributed by atoms with E-state index in [-0.39, 0.29) is 18.7 Å². The molecule has 2 N–H and O–H groups in total. The third-order valence-corrected chi connectivity index (χ3v) is 6.95. The fourth-order valence-corrected chi connectivity index (χ4v) is 4.97. The lowest BCUT2D eigenvalue weighted by Gasteiger charge is -2.28. The van der Waals surface area contributed by atoms with Crippen molar-refractivity contribution in [2.24, 2.45) is 0 Å². The molecule has 1 aromatic carbocycles. The summed E-state index contributed by atoms with van der Waals surface area (Å²) in [6, 6.07) is 10.1. The Kier molecular flexibility index (Phi) is 5.86. The van der Waals surface area contributed by atoms with Gasteiger partial charge in [-0.25, -0.2) is 9.78 Å². The molecule has 2 saturated heterocycles. The van der Waals surface area contributed by atoms with Crippen molar-refractivity contribution in [2.45, 2.75) is 45.0 Å². The number of carboxylic acid groups (broad SMARTS) is 1. The van der Waals surface area contributed by atoms with Crippen LogP contribution in [0.4, 0.5) is 16.4 Å². The molecule has 0 saturated carbocycles. The van der Waals surface area contributed by atoms with Crippen molar-refractivity contribution < 1.29 is 14.6 Å². The summed E-state index contributed by atoms with van der Waals surface area (Å²) in [5, 5.41) is 32.6. The van der Waals surface area contributed by atoms with Crippen LogP contribution in [0.15, 0.2) is 30.5 Å². The Morgan fingerprint density at radius 3 is 2.91 bits per heavy atom. The van der Waals surface area contributed by atoms with Crippen LogP contribution in [0.3, 0.4) is 0 Å². The Morgan fingerprint density at radius 2 is 2.23 bits per heavy atom. The highest BCUT2D eigenvalue weighted by Crippen LogP contribution is 2.35. The average Bonchev–Trinajstić information content (AvgIpc) is 3.49. The van der Waals surface area contributed by atoms with E-state index in [4.69, 9.17) is 9.72 Å². The quantitative estimate of drug-likeness (QED) is 0.553. The van der Waals surface area contributed by atoms with Crippen LogP contribution in [0.1, 0.15) is 41.8 Å². The van der Waals surface area contributed by atoms with Gasteiger partial charge in [0, 0.05) is 30.6 Å². The van der Waals surface area contributed by atoms with Crippen LogP contribution in [0.25, 0.3) is 10.8 Å². The highest BCUT2D eigenvalue weighted by molar-refractivity contribution is 5.94. The van der Waals surface area contributed by atoms with Crippen LogP contribution in [-0.4, -0.2) is 63.6 Å². The van der Waals surface area contributed by atoms with Gasteiger partial charge < -0.3 is 25.0 Å². The van der Waals surface area contributed by atoms with Crippen LogP contribution < -0.4 is 10.2 Å². The van der Waals surface area contributed by atoms with Gasteiger partial charge in [0.1, 0.15) is 5.82 Å². The van der Waals surface area contributed by atoms with Gasteiger partial charge in [0.05, 0.1) is 48.7 Å². The lowest BCUT2D eigenvalue weighted by molar-refractivity contribution is 0.0989. The van der Waals surface area contributed by atoms with Crippen molar-refractivity contribution in [3.8, 4) is 6.07 Å². The van der Waals surface area contributed by atoms with Gasteiger partial charge in [-0.2, -0.15) is 10.4 Å². The van der Waals surface area contributed by atoms with Crippen molar-refractivity contribution in [3.05, 3.63) is 52.8 Å². The molecule has 0 radical (unpaired) electrons. The number of fused-ring (bicyclic) bond motifs is 3. The first-order valence-electron chi connectivity index (χ1n) is 11.6. The van der Waals surface area contributed by atoms with E-state index < -0.39 is 6.09 Å². The van der Waals surface area contributed by atoms with E-state index in [0.29, 0.717) is 29.7 Å². The molecule has 10 heteroatoms. The molecule has 3 atom stereocenters. The molecule has 1 amide bonds. The average molecular weight is 474 g/mol. The number of rotatable bonds is 6. The van der Waals surface area contributed by atoms with Gasteiger partial charge in [-0.3, -0.25) is 0 Å². The number of aromatic nitrogens is 3. The van der Waals surface area contributed by atoms with Gasteiger partial charge in [-0.05, 0) is 43.5 Å². The predicted octanol–water partition coefficient (Wildman–Crippen LogP) is 3.47. The lowest BCUT2D eigenvalue weighted by Crippen LogP contribution is -2.37. The molecule has 2 aliphatic heterocycles. The first-order chi connectivity index (χ1) is 16.9. The van der Waals surface area contributed by atoms with Gasteiger partial charge in [0.25, 0.3) is 0 Å². The van der Waals surface area contributed by atoms with E-state index in [1.807, 2.05) is 32.0 Å². The molecule has 4 heterocycles. The Hall–Kier alpha value is -3.97. The molecular formula is C25H27N7O3. The lowest BCUT2D eigenvalue weighted by atomic mass is 9.98. The minimum atomic E-state index is -1.04. The molecule has 3 aromatic rings. The Balaban J connectivity index is 1.55. The standard InChI is InChI=1S/C25H27N7O3/c1-14-16(9-26)5-4-6-19(14)15(2)28-24-20-8-23(32-11-18-7-17(32)13-35-18)27-10-21(20)22(29-30-24)12-31(3)25(33)34/h4-6,8,10,15,17-18H,7,11-13H2,1-3H3,(H,28,30)(H,33,34)/t15-,17-,18-/m1/s1. The van der Waals surface area contributed by atoms with Gasteiger partial charge in [0.2, 0.25) is 0 Å². The smallest absolute Gasteiger partial charge is 0.407 e. The maximum Gasteiger partial charge on any atom is 0.407 e. The number of carbonyl (C=O) groups is 1. The summed E-state index contributed by atoms with van der Waals surface area (Å²) in [6.07, 6.45) is 1.95. The fraction of sp³-hybridized carbons (Fsp3) is 0.400. The second-order valence-electron chi connectivity index (χ2n) is 9.22. The van der Waals surface area contributed by atoms with Crippen molar-refractivity contribution in [1.82, 2.24) is 20.1 Å². The first-order valence-corrected chi connectivity index (χ1v) is 11.6. The molecule has 2 fully saturated rings. The third kappa shape index (κ3) is 4.19. The van der Waals surface area contributed by atoms with E-state index in [2.05, 4.69) is 26.5 Å². The highest BCUT2D eigenvalue weighted by atomic mass is 16.5. The fourth-order valence-electron chi connectivity index (χ4n) is 4.97. The summed E-state index contributed by atoms with van der Waals surface area (Å²) in [6.45, 7) is 5.55. The second kappa shape index (κ2) is 9.00. The van der Waals surface area contributed by atoms with Gasteiger partial charge in [-0.15, -0.1) is 5.10 Å². The minimum Gasteiger partial charge on any atom is -0.465 e. The Labute approximate surface area is 203 Å². The minimum absolute atomic E-state index is 0.0985. The Morgan fingerprint density at radius 1 is 1.40 bits per heavy atom. The third-order valence-electron chi connectivity index (χ3n) is 6.95. The number of hydrogen-bond donors (Lipinski definition) is 2. The normalized spacial score (nSPS) is 19.5. The highest BCUT2D eigenvalue weighted by Gasteiger charge is 2.39. The van der Waals surface area contributed by atoms with E-state index in [1.54, 1.807) is 12.3 Å². The number of morpholine rings is 1. The van der Waals surface area contributed by atoms with Crippen molar-refractivity contribution >= 4 is 28.5 Å². The number of anilines is 2. The van der Waals surface area contributed by atoms with Crippen molar-refractivity contribution in [2.75, 3.05) is 30.4 Å². The van der Waals surface area contributed by atoms with Gasteiger partial charge in [-0.1, -0.05) is 12.1 Å². The number of amides is 1. The van der Waals surface area contributed by atoms with E-state index in [0.717, 1.165) is 40.7 Å². The number of nitrogens with one attached hydrogen (secondary N) is 1. The van der Waals surface area contributed by atoms with Gasteiger partial charge in [0.15, 0.2) is 5.82 Å². The van der Waals surface area contributed by atoms with Crippen molar-refractivity contribution in [3.63, 3.8) is 0 Å². The zero-order valence-electron chi connectivity index (χ0n) is 19.9. The first kappa shape index (κ1) is 22.8. The molecule has 2 bridgehead atoms. The summed E-state index contributed by atoms with van der Waals surface area (Å²) in [5.41, 5.74) is 3.09. The summed E-state index contributed by atoms with van der Waals surface area (Å²) in [7, 11) is 1.50. The number of benzene rings is 1. The molecule has 180 valence electrons. The molecule has 0 unspecified atom stereocenters. The molecule has 10 nitrogen and oxygen atoms in total. The zero-order valence-corrected chi connectivity index (χ0v) is 19.9. The topological polar surface area (TPSA) is 128 Å². The van der Waals surface area contributed by atoms with Crippen LogP contribution in [0.2, 0.25) is 0 Å². The summed E-state index contributed by atoms with van der Waals surface area (Å²) in [5.74, 6) is 1.43. The van der Waals surface area contributed by atoms with Crippen LogP contribution in [0, 0.1) is 18.3 Å². The van der Waals surface area contributed by atoms with Crippen molar-refractivity contribution in [1.29, 1.82) is 5.26 Å². The summed E-state index contributed by atoms with van der Waals surface area (Å²) in [4.78, 5) is 19.5. The SMILES string of the molecule is Cc1c(C#N)cccc1[C@@H](C)Nc1nnc(CN(C)C(=O)O)c2cnc(N3C[C@H]4C[C@@H]3CO4)cc12. The molecule has 5 rings (SSSR count). The predicted molar refractivity (Wildman–Crippen MR) is 130 cm³/mol. The monoisotopic (exact) mass is 473 g/mol. The summed E-state index contributed by atoms with van der Waals surface area (Å²) < 4.78 is 5.74. The summed E-state index contributed by atoms with van der Waals surface area (Å²) >= 11 is 0. The number of nitriles is 1. The number of pyridine rings is 1. The molecular weight excluding hydrogens is 446 g/mol. The maximum atomic E-state index is 11.4. The van der Waals surface area contributed by atoms with Gasteiger partial charge >= 0.3 is 6.09 Å². The van der Waals surface area contributed by atoms with Crippen LogP contribution in [0.5, 0.6) is 0 Å². The molecule has 2 aromatic heterocycles. The van der Waals surface area contributed by atoms with E-state index in [1.165, 1.54) is 11.9 Å². The largest absolute Gasteiger partial charge is 0.465 e. The molecule has 0 aliphatic carbocycles. The number of ether oxygens (including phenoxy) is 1. The molecule has 2 aliphatic rings. The maximum absolute atomic E-state index is 11.4. The van der Waals surface area contributed by atoms with E-state index in [9.17, 15) is 15.2 Å². The molecule has 35 heavy (non-hydrogen) atoms. The molecule has 0 spiro atoms. The Bertz CT molecular complexity index is 1340. The van der Waals surface area contributed by atoms with Crippen LogP contribution in [-0.2, 0) is 11.3 Å². The number of nitrogens with zero attached hydrogens (tertiary/aromatic N) is 6. The second-order valence-corrected chi connectivity index (χ2v) is 9.22. The number of hydrogen-bond acceptors (Lipinski definition) is 8. The van der Waals surface area contributed by atoms with Crippen LogP contribution >= 0.6 is 0 Å². The van der Waals surface area contributed by atoms with E-state index >= 15 is 0 Å². The zero-order chi connectivity index (χ0) is 24.7.